The fourth-order valence-corrected chi connectivity index (χ4v) is 2.02. The van der Waals surface area contributed by atoms with E-state index in [1.165, 1.54) is 4.90 Å². The Hall–Kier alpha value is -1.74. The van der Waals surface area contributed by atoms with Gasteiger partial charge in [-0.05, 0) is 25.0 Å². The predicted molar refractivity (Wildman–Crippen MR) is 67.3 cm³/mol. The third-order valence-corrected chi connectivity index (χ3v) is 3.09. The van der Waals surface area contributed by atoms with Gasteiger partial charge in [-0.25, -0.2) is 0 Å². The molecule has 0 spiro atoms. The molecule has 0 bridgehead atoms. The molecule has 0 atom stereocenters. The van der Waals surface area contributed by atoms with Crippen LogP contribution in [0.15, 0.2) is 24.3 Å². The smallest absolute Gasteiger partial charge is 0.401 e. The average molecular weight is 284 g/mol. The van der Waals surface area contributed by atoms with Crippen molar-refractivity contribution >= 4 is 0 Å². The van der Waals surface area contributed by atoms with Crippen molar-refractivity contribution in [2.24, 2.45) is 0 Å². The minimum atomic E-state index is -4.19. The lowest BCUT2D eigenvalue weighted by atomic mass is 10.2. The van der Waals surface area contributed by atoms with Gasteiger partial charge in [-0.2, -0.15) is 18.4 Å². The normalized spacial score (nSPS) is 15.2. The van der Waals surface area contributed by atoms with E-state index in [1.54, 1.807) is 24.3 Å². The fraction of sp³-hybridized carbons (Fsp3) is 0.500. The summed E-state index contributed by atoms with van der Waals surface area (Å²) < 4.78 is 42.7. The summed E-state index contributed by atoms with van der Waals surface area (Å²) in [5.74, 6) is 0.415. The molecule has 0 aliphatic heterocycles. The minimum Gasteiger partial charge on any atom is -0.491 e. The Bertz CT molecular complexity index is 492. The number of halogens is 3. The van der Waals surface area contributed by atoms with Crippen molar-refractivity contribution in [2.45, 2.75) is 25.1 Å². The van der Waals surface area contributed by atoms with E-state index in [1.807, 2.05) is 6.07 Å². The minimum absolute atomic E-state index is 0.0198. The Morgan fingerprint density at radius 3 is 2.60 bits per heavy atom. The molecule has 0 radical (unpaired) electrons. The van der Waals surface area contributed by atoms with Gasteiger partial charge in [0, 0.05) is 12.6 Å². The molecule has 1 saturated carbocycles. The molecule has 1 fully saturated rings. The zero-order valence-corrected chi connectivity index (χ0v) is 10.9. The number of hydrogen-bond acceptors (Lipinski definition) is 3. The molecule has 1 aliphatic carbocycles. The van der Waals surface area contributed by atoms with E-state index in [0.29, 0.717) is 11.3 Å². The second-order valence-corrected chi connectivity index (χ2v) is 4.77. The molecule has 0 aromatic heterocycles. The molecule has 0 amide bonds. The van der Waals surface area contributed by atoms with Crippen LogP contribution in [0.4, 0.5) is 13.2 Å². The van der Waals surface area contributed by atoms with Crippen molar-refractivity contribution in [3.05, 3.63) is 29.8 Å². The van der Waals surface area contributed by atoms with Crippen LogP contribution in [0.1, 0.15) is 18.4 Å². The van der Waals surface area contributed by atoms with Gasteiger partial charge in [0.25, 0.3) is 0 Å². The number of para-hydroxylation sites is 1. The van der Waals surface area contributed by atoms with Gasteiger partial charge in [-0.1, -0.05) is 12.1 Å². The van der Waals surface area contributed by atoms with Gasteiger partial charge in [-0.15, -0.1) is 0 Å². The van der Waals surface area contributed by atoms with Crippen molar-refractivity contribution in [2.75, 3.05) is 19.7 Å². The molecular formula is C14H15F3N2O. The number of alkyl halides is 3. The van der Waals surface area contributed by atoms with Crippen LogP contribution in [-0.4, -0.2) is 36.8 Å². The second-order valence-electron chi connectivity index (χ2n) is 4.77. The molecule has 2 rings (SSSR count). The summed E-state index contributed by atoms with van der Waals surface area (Å²) in [7, 11) is 0. The van der Waals surface area contributed by atoms with Gasteiger partial charge in [-0.3, -0.25) is 4.90 Å². The van der Waals surface area contributed by atoms with Crippen LogP contribution >= 0.6 is 0 Å². The lowest BCUT2D eigenvalue weighted by Crippen LogP contribution is -2.38. The first-order valence-corrected chi connectivity index (χ1v) is 6.42. The molecule has 1 aromatic carbocycles. The highest BCUT2D eigenvalue weighted by molar-refractivity contribution is 5.42. The monoisotopic (exact) mass is 284 g/mol. The van der Waals surface area contributed by atoms with Crippen LogP contribution in [0.2, 0.25) is 0 Å². The van der Waals surface area contributed by atoms with Gasteiger partial charge in [0.15, 0.2) is 0 Å². The summed E-state index contributed by atoms with van der Waals surface area (Å²) in [4.78, 5) is 1.40. The third kappa shape index (κ3) is 4.42. The Kier molecular flexibility index (Phi) is 4.50. The maximum Gasteiger partial charge on any atom is 0.401 e. The van der Waals surface area contributed by atoms with Crippen molar-refractivity contribution in [1.29, 1.82) is 5.26 Å². The number of benzene rings is 1. The molecule has 3 nitrogen and oxygen atoms in total. The lowest BCUT2D eigenvalue weighted by molar-refractivity contribution is -0.147. The summed E-state index contributed by atoms with van der Waals surface area (Å²) in [5.41, 5.74) is 0.390. The van der Waals surface area contributed by atoms with Crippen molar-refractivity contribution in [1.82, 2.24) is 4.90 Å². The van der Waals surface area contributed by atoms with Gasteiger partial charge < -0.3 is 4.74 Å². The van der Waals surface area contributed by atoms with E-state index in [2.05, 4.69) is 0 Å². The molecule has 0 heterocycles. The van der Waals surface area contributed by atoms with Crippen molar-refractivity contribution < 1.29 is 17.9 Å². The summed E-state index contributed by atoms with van der Waals surface area (Å²) in [5, 5.41) is 8.89. The van der Waals surface area contributed by atoms with E-state index in [-0.39, 0.29) is 19.2 Å². The Labute approximate surface area is 115 Å². The van der Waals surface area contributed by atoms with Gasteiger partial charge in [0.05, 0.1) is 12.1 Å². The van der Waals surface area contributed by atoms with Crippen molar-refractivity contribution in [3.63, 3.8) is 0 Å². The second kappa shape index (κ2) is 6.14. The zero-order valence-electron chi connectivity index (χ0n) is 10.9. The van der Waals surface area contributed by atoms with E-state index >= 15 is 0 Å². The van der Waals surface area contributed by atoms with Crippen molar-refractivity contribution in [3.8, 4) is 11.8 Å². The average Bonchev–Trinajstić information content (AvgIpc) is 3.21. The standard InChI is InChI=1S/C14H15F3N2O/c15-14(16,17)10-19(12-5-6-12)7-8-20-13-4-2-1-3-11(13)9-18/h1-4,12H,5-8,10H2. The highest BCUT2D eigenvalue weighted by Crippen LogP contribution is 2.29. The maximum absolute atomic E-state index is 12.4. The zero-order chi connectivity index (χ0) is 14.6. The molecule has 0 N–H and O–H groups in total. The molecule has 0 saturated heterocycles. The Morgan fingerprint density at radius 1 is 1.30 bits per heavy atom. The molecule has 0 unspecified atom stereocenters. The summed E-state index contributed by atoms with van der Waals surface area (Å²) in [6, 6.07) is 8.71. The molecule has 108 valence electrons. The first-order valence-electron chi connectivity index (χ1n) is 6.42. The molecular weight excluding hydrogens is 269 g/mol. The molecule has 1 aliphatic rings. The summed E-state index contributed by atoms with van der Waals surface area (Å²) in [6.45, 7) is -0.545. The van der Waals surface area contributed by atoms with E-state index < -0.39 is 12.7 Å². The lowest BCUT2D eigenvalue weighted by Gasteiger charge is -2.23. The largest absolute Gasteiger partial charge is 0.491 e. The fourth-order valence-electron chi connectivity index (χ4n) is 2.02. The Morgan fingerprint density at radius 2 is 2.00 bits per heavy atom. The SMILES string of the molecule is N#Cc1ccccc1OCCN(CC(F)(F)F)C1CC1. The number of rotatable bonds is 6. The van der Waals surface area contributed by atoms with Crippen LogP contribution < -0.4 is 4.74 Å². The summed E-state index contributed by atoms with van der Waals surface area (Å²) >= 11 is 0. The van der Waals surface area contributed by atoms with E-state index in [0.717, 1.165) is 12.8 Å². The van der Waals surface area contributed by atoms with Gasteiger partial charge in [0.2, 0.25) is 0 Å². The first-order chi connectivity index (χ1) is 9.49. The van der Waals surface area contributed by atoms with Gasteiger partial charge >= 0.3 is 6.18 Å². The maximum atomic E-state index is 12.4. The molecule has 6 heteroatoms. The first kappa shape index (κ1) is 14.7. The number of hydrogen-bond donors (Lipinski definition) is 0. The molecule has 1 aromatic rings. The van der Waals surface area contributed by atoms with Crippen LogP contribution in [0.3, 0.4) is 0 Å². The third-order valence-electron chi connectivity index (χ3n) is 3.09. The van der Waals surface area contributed by atoms with Crippen LogP contribution in [0.25, 0.3) is 0 Å². The van der Waals surface area contributed by atoms with E-state index in [4.69, 9.17) is 10.00 Å². The number of nitrogens with zero attached hydrogens (tertiary/aromatic N) is 2. The molecule has 20 heavy (non-hydrogen) atoms. The highest BCUT2D eigenvalue weighted by Gasteiger charge is 2.37. The van der Waals surface area contributed by atoms with Crippen LogP contribution in [-0.2, 0) is 0 Å². The Balaban J connectivity index is 1.86. The predicted octanol–water partition coefficient (Wildman–Crippen LogP) is 2.96. The van der Waals surface area contributed by atoms with E-state index in [9.17, 15) is 13.2 Å². The van der Waals surface area contributed by atoms with Crippen LogP contribution in [0, 0.1) is 11.3 Å². The summed E-state index contributed by atoms with van der Waals surface area (Å²) in [6.07, 6.45) is -2.57. The number of nitriles is 1. The highest BCUT2D eigenvalue weighted by atomic mass is 19.4. The van der Waals surface area contributed by atoms with Crippen LogP contribution in [0.5, 0.6) is 5.75 Å². The van der Waals surface area contributed by atoms with Gasteiger partial charge in [0.1, 0.15) is 18.4 Å². The topological polar surface area (TPSA) is 36.3 Å². The quantitative estimate of drug-likeness (QED) is 0.805. The number of ether oxygens (including phenoxy) is 1.